The van der Waals surface area contributed by atoms with Crippen molar-refractivity contribution in [3.8, 4) is 0 Å². The van der Waals surface area contributed by atoms with Crippen LogP contribution in [0.15, 0.2) is 59.5 Å². The van der Waals surface area contributed by atoms with E-state index in [1.807, 2.05) is 43.3 Å². The Morgan fingerprint density at radius 3 is 2.48 bits per heavy atom. The normalized spacial score (nSPS) is 13.4. The minimum atomic E-state index is -1.05. The van der Waals surface area contributed by atoms with Gasteiger partial charge in [-0.25, -0.2) is 0 Å². The van der Waals surface area contributed by atoms with Crippen LogP contribution in [0.1, 0.15) is 24.8 Å². The van der Waals surface area contributed by atoms with E-state index in [2.05, 4.69) is 5.32 Å². The van der Waals surface area contributed by atoms with E-state index in [1.165, 1.54) is 0 Å². The van der Waals surface area contributed by atoms with Crippen molar-refractivity contribution < 1.29 is 9.00 Å². The van der Waals surface area contributed by atoms with Crippen LogP contribution >= 0.6 is 0 Å². The molecule has 1 N–H and O–H groups in total. The van der Waals surface area contributed by atoms with Gasteiger partial charge in [0.15, 0.2) is 0 Å². The topological polar surface area (TPSA) is 46.2 Å². The van der Waals surface area contributed by atoms with Crippen LogP contribution in [0.5, 0.6) is 0 Å². The molecule has 2 aromatic rings. The van der Waals surface area contributed by atoms with E-state index in [0.29, 0.717) is 10.6 Å². The monoisotopic (exact) mass is 301 g/mol. The summed E-state index contributed by atoms with van der Waals surface area (Å²) in [6.07, 6.45) is 2.36. The van der Waals surface area contributed by atoms with Gasteiger partial charge in [0.25, 0.3) is 0 Å². The highest BCUT2D eigenvalue weighted by molar-refractivity contribution is 7.84. The molecule has 0 bridgehead atoms. The van der Waals surface area contributed by atoms with Crippen LogP contribution in [0.2, 0.25) is 0 Å². The molecule has 0 aromatic heterocycles. The Balaban J connectivity index is 2.16. The third-order valence-electron chi connectivity index (χ3n) is 3.36. The highest BCUT2D eigenvalue weighted by Crippen LogP contribution is 2.22. The quantitative estimate of drug-likeness (QED) is 0.918. The van der Waals surface area contributed by atoms with Gasteiger partial charge in [-0.15, -0.1) is 0 Å². The molecule has 0 heterocycles. The molecule has 0 spiro atoms. The first-order valence-corrected chi connectivity index (χ1v) is 8.47. The summed E-state index contributed by atoms with van der Waals surface area (Å²) >= 11 is 0. The van der Waals surface area contributed by atoms with Crippen molar-refractivity contribution in [3.05, 3.63) is 60.2 Å². The summed E-state index contributed by atoms with van der Waals surface area (Å²) in [5.74, 6) is -0.218. The molecule has 110 valence electrons. The molecule has 0 aliphatic heterocycles. The lowest BCUT2D eigenvalue weighted by Gasteiger charge is -2.15. The number of hydrogen-bond acceptors (Lipinski definition) is 2. The Morgan fingerprint density at radius 1 is 1.14 bits per heavy atom. The first kappa shape index (κ1) is 15.4. The van der Waals surface area contributed by atoms with E-state index in [-0.39, 0.29) is 11.8 Å². The number of carbonyl (C=O) groups is 1. The molecule has 21 heavy (non-hydrogen) atoms. The Kier molecular flexibility index (Phi) is 5.28. The fraction of sp³-hybridized carbons (Fsp3) is 0.235. The molecule has 3 nitrogen and oxygen atoms in total. The number of anilines is 1. The largest absolute Gasteiger partial charge is 0.326 e. The van der Waals surface area contributed by atoms with Crippen molar-refractivity contribution in [2.45, 2.75) is 24.2 Å². The van der Waals surface area contributed by atoms with Crippen molar-refractivity contribution in [1.82, 2.24) is 0 Å². The maximum atomic E-state index is 12.4. The minimum absolute atomic E-state index is 0.0391. The minimum Gasteiger partial charge on any atom is -0.326 e. The van der Waals surface area contributed by atoms with Crippen molar-refractivity contribution in [2.24, 2.45) is 0 Å². The van der Waals surface area contributed by atoms with Crippen LogP contribution in [0.25, 0.3) is 0 Å². The highest BCUT2D eigenvalue weighted by atomic mass is 32.2. The van der Waals surface area contributed by atoms with Crippen LogP contribution < -0.4 is 5.32 Å². The fourth-order valence-electron chi connectivity index (χ4n) is 2.24. The number of nitrogens with one attached hydrogen (secondary N) is 1. The van der Waals surface area contributed by atoms with E-state index in [9.17, 15) is 9.00 Å². The van der Waals surface area contributed by atoms with Crippen LogP contribution in [-0.2, 0) is 15.6 Å². The maximum Gasteiger partial charge on any atom is 0.231 e. The first-order valence-electron chi connectivity index (χ1n) is 6.91. The third kappa shape index (κ3) is 4.02. The summed E-state index contributed by atoms with van der Waals surface area (Å²) in [6, 6.07) is 16.9. The van der Waals surface area contributed by atoms with E-state index < -0.39 is 10.8 Å². The van der Waals surface area contributed by atoms with Crippen LogP contribution in [0.3, 0.4) is 0 Å². The predicted molar refractivity (Wildman–Crippen MR) is 86.9 cm³/mol. The summed E-state index contributed by atoms with van der Waals surface area (Å²) < 4.78 is 11.5. The van der Waals surface area contributed by atoms with Crippen molar-refractivity contribution in [2.75, 3.05) is 11.6 Å². The van der Waals surface area contributed by atoms with E-state index >= 15 is 0 Å². The van der Waals surface area contributed by atoms with Crippen molar-refractivity contribution >= 4 is 22.4 Å². The number of hydrogen-bond donors (Lipinski definition) is 1. The number of benzene rings is 2. The molecular weight excluding hydrogens is 282 g/mol. The fourth-order valence-corrected chi connectivity index (χ4v) is 2.80. The Morgan fingerprint density at radius 2 is 1.86 bits per heavy atom. The molecule has 2 atom stereocenters. The lowest BCUT2D eigenvalue weighted by atomic mass is 9.95. The molecule has 0 radical (unpaired) electrons. The second-order valence-corrected chi connectivity index (χ2v) is 6.22. The Bertz CT molecular complexity index is 640. The molecule has 0 fully saturated rings. The summed E-state index contributed by atoms with van der Waals surface area (Å²) in [4.78, 5) is 13.1. The molecule has 2 aromatic carbocycles. The van der Waals surface area contributed by atoms with Gasteiger partial charge < -0.3 is 5.32 Å². The van der Waals surface area contributed by atoms with Crippen LogP contribution in [0, 0.1) is 0 Å². The van der Waals surface area contributed by atoms with E-state index in [1.54, 1.807) is 24.5 Å². The highest BCUT2D eigenvalue weighted by Gasteiger charge is 2.18. The lowest BCUT2D eigenvalue weighted by molar-refractivity contribution is -0.117. The summed E-state index contributed by atoms with van der Waals surface area (Å²) in [6.45, 7) is 1.99. The molecule has 2 unspecified atom stereocenters. The van der Waals surface area contributed by atoms with Gasteiger partial charge in [-0.05, 0) is 30.2 Å². The summed E-state index contributed by atoms with van der Waals surface area (Å²) in [7, 11) is -1.05. The average Bonchev–Trinajstić information content (AvgIpc) is 2.49. The van der Waals surface area contributed by atoms with Gasteiger partial charge in [0, 0.05) is 27.6 Å². The molecule has 0 aliphatic rings. The standard InChI is InChI=1S/C17H19NO2S/c1-3-16(13-8-5-4-6-9-13)17(19)18-14-10-7-11-15(12-14)21(2)20/h4-12,16H,3H2,1-2H3,(H,18,19). The van der Waals surface area contributed by atoms with E-state index in [4.69, 9.17) is 0 Å². The first-order chi connectivity index (χ1) is 10.1. The van der Waals surface area contributed by atoms with Gasteiger partial charge in [-0.2, -0.15) is 0 Å². The van der Waals surface area contributed by atoms with E-state index in [0.717, 1.165) is 12.0 Å². The SMILES string of the molecule is CCC(C(=O)Nc1cccc(S(C)=O)c1)c1ccccc1. The summed E-state index contributed by atoms with van der Waals surface area (Å²) in [5, 5.41) is 2.91. The van der Waals surface area contributed by atoms with Crippen molar-refractivity contribution in [1.29, 1.82) is 0 Å². The number of carbonyl (C=O) groups excluding carboxylic acids is 1. The molecule has 2 rings (SSSR count). The van der Waals surface area contributed by atoms with Gasteiger partial charge in [-0.3, -0.25) is 9.00 Å². The zero-order valence-corrected chi connectivity index (χ0v) is 13.0. The molecular formula is C17H19NO2S. The number of rotatable bonds is 5. The van der Waals surface area contributed by atoms with Gasteiger partial charge in [-0.1, -0.05) is 43.3 Å². The van der Waals surface area contributed by atoms with Gasteiger partial charge in [0.1, 0.15) is 0 Å². The third-order valence-corrected chi connectivity index (χ3v) is 4.28. The molecule has 0 saturated heterocycles. The molecule has 4 heteroatoms. The molecule has 1 amide bonds. The second-order valence-electron chi connectivity index (χ2n) is 4.84. The van der Waals surface area contributed by atoms with Crippen LogP contribution in [0.4, 0.5) is 5.69 Å². The number of amides is 1. The second kappa shape index (κ2) is 7.18. The molecule has 0 aliphatic carbocycles. The zero-order chi connectivity index (χ0) is 15.2. The Labute approximate surface area is 127 Å². The summed E-state index contributed by atoms with van der Waals surface area (Å²) in [5.41, 5.74) is 1.69. The average molecular weight is 301 g/mol. The zero-order valence-electron chi connectivity index (χ0n) is 12.2. The van der Waals surface area contributed by atoms with Gasteiger partial charge in [0.05, 0.1) is 5.92 Å². The van der Waals surface area contributed by atoms with Gasteiger partial charge in [0.2, 0.25) is 5.91 Å². The lowest BCUT2D eigenvalue weighted by Crippen LogP contribution is -2.20. The predicted octanol–water partition coefficient (Wildman–Crippen LogP) is 3.56. The van der Waals surface area contributed by atoms with Crippen LogP contribution in [-0.4, -0.2) is 16.4 Å². The smallest absolute Gasteiger partial charge is 0.231 e. The molecule has 0 saturated carbocycles. The van der Waals surface area contributed by atoms with Crippen molar-refractivity contribution in [3.63, 3.8) is 0 Å². The van der Waals surface area contributed by atoms with Gasteiger partial charge >= 0.3 is 0 Å². The Hall–Kier alpha value is -1.94. The maximum absolute atomic E-state index is 12.4.